The fourth-order valence-corrected chi connectivity index (χ4v) is 2.93. The van der Waals surface area contributed by atoms with Gasteiger partial charge >= 0.3 is 5.97 Å². The van der Waals surface area contributed by atoms with Crippen LogP contribution in [0.4, 0.5) is 0 Å². The summed E-state index contributed by atoms with van der Waals surface area (Å²) in [6, 6.07) is 9.22. The average molecular weight is 259 g/mol. The summed E-state index contributed by atoms with van der Waals surface area (Å²) in [5.41, 5.74) is 0.578. The van der Waals surface area contributed by atoms with Crippen molar-refractivity contribution in [1.29, 1.82) is 0 Å². The van der Waals surface area contributed by atoms with E-state index in [0.29, 0.717) is 24.5 Å². The van der Waals surface area contributed by atoms with Crippen molar-refractivity contribution in [3.63, 3.8) is 0 Å². The fourth-order valence-electron chi connectivity index (χ4n) is 2.93. The maximum atomic E-state index is 11.9. The van der Waals surface area contributed by atoms with Gasteiger partial charge in [0.15, 0.2) is 0 Å². The molecule has 0 N–H and O–H groups in total. The van der Waals surface area contributed by atoms with Crippen molar-refractivity contribution >= 4 is 11.8 Å². The molecule has 0 saturated carbocycles. The highest BCUT2D eigenvalue weighted by Gasteiger charge is 2.39. The molecule has 0 radical (unpaired) electrons. The molecular weight excluding hydrogens is 242 g/mol. The van der Waals surface area contributed by atoms with Crippen LogP contribution >= 0.6 is 0 Å². The second kappa shape index (κ2) is 5.13. The molecular formula is C15H17NO3. The summed E-state index contributed by atoms with van der Waals surface area (Å²) in [4.78, 5) is 25.6. The third-order valence-corrected chi connectivity index (χ3v) is 4.07. The van der Waals surface area contributed by atoms with Gasteiger partial charge in [-0.25, -0.2) is 4.79 Å². The summed E-state index contributed by atoms with van der Waals surface area (Å²) < 4.78 is 5.36. The van der Waals surface area contributed by atoms with Crippen molar-refractivity contribution in [1.82, 2.24) is 4.90 Å². The van der Waals surface area contributed by atoms with E-state index in [2.05, 4.69) is 4.90 Å². The molecule has 0 spiro atoms. The quantitative estimate of drug-likeness (QED) is 0.772. The van der Waals surface area contributed by atoms with Gasteiger partial charge in [-0.2, -0.15) is 0 Å². The van der Waals surface area contributed by atoms with E-state index in [4.69, 9.17) is 4.74 Å². The number of esters is 1. The van der Waals surface area contributed by atoms with E-state index in [1.165, 1.54) is 0 Å². The normalized spacial score (nSPS) is 29.3. The second-order valence-corrected chi connectivity index (χ2v) is 5.28. The molecule has 3 atom stereocenters. The highest BCUT2D eigenvalue weighted by atomic mass is 16.5. The van der Waals surface area contributed by atoms with Crippen molar-refractivity contribution in [3.8, 4) is 0 Å². The van der Waals surface area contributed by atoms with Crippen LogP contribution in [0.3, 0.4) is 0 Å². The molecule has 4 nitrogen and oxygen atoms in total. The number of hydrogen-bond donors (Lipinski definition) is 0. The first kappa shape index (κ1) is 12.4. The Labute approximate surface area is 112 Å². The number of rotatable bonds is 3. The smallest absolute Gasteiger partial charge is 0.338 e. The predicted octanol–water partition coefficient (Wildman–Crippen LogP) is 1.51. The average Bonchev–Trinajstić information content (AvgIpc) is 2.46. The highest BCUT2D eigenvalue weighted by molar-refractivity contribution is 5.89. The number of carbonyl (C=O) groups is 2. The standard InChI is InChI=1S/C15H17NO3/c17-14-9-16-7-6-12(14)8-13(16)10-19-15(18)11-4-2-1-3-5-11/h1-5,12-13H,6-10H2/t12-,13+/m1/s1. The molecule has 4 rings (SSSR count). The molecule has 1 unspecified atom stereocenters. The summed E-state index contributed by atoms with van der Waals surface area (Å²) in [5, 5.41) is 0. The first-order valence-corrected chi connectivity index (χ1v) is 6.73. The largest absolute Gasteiger partial charge is 0.460 e. The lowest BCUT2D eigenvalue weighted by molar-refractivity contribution is -0.134. The first-order chi connectivity index (χ1) is 9.24. The van der Waals surface area contributed by atoms with E-state index in [9.17, 15) is 9.59 Å². The van der Waals surface area contributed by atoms with Crippen LogP contribution in [0.1, 0.15) is 23.2 Å². The molecule has 2 bridgehead atoms. The molecule has 19 heavy (non-hydrogen) atoms. The number of Topliss-reactive ketones (excluding diaryl/α,β-unsaturated/α-hetero) is 1. The minimum Gasteiger partial charge on any atom is -0.460 e. The van der Waals surface area contributed by atoms with Crippen molar-refractivity contribution < 1.29 is 14.3 Å². The van der Waals surface area contributed by atoms with Crippen molar-refractivity contribution in [2.45, 2.75) is 18.9 Å². The molecule has 3 fully saturated rings. The van der Waals surface area contributed by atoms with E-state index in [-0.39, 0.29) is 17.9 Å². The zero-order chi connectivity index (χ0) is 13.2. The summed E-state index contributed by atoms with van der Waals surface area (Å²) in [6.07, 6.45) is 1.79. The summed E-state index contributed by atoms with van der Waals surface area (Å²) >= 11 is 0. The van der Waals surface area contributed by atoms with E-state index in [1.807, 2.05) is 18.2 Å². The fraction of sp³-hybridized carbons (Fsp3) is 0.467. The van der Waals surface area contributed by atoms with Crippen molar-refractivity contribution in [3.05, 3.63) is 35.9 Å². The zero-order valence-corrected chi connectivity index (χ0v) is 10.7. The maximum Gasteiger partial charge on any atom is 0.338 e. The number of piperidine rings is 3. The van der Waals surface area contributed by atoms with Crippen LogP contribution in [-0.4, -0.2) is 42.4 Å². The number of hydrogen-bond acceptors (Lipinski definition) is 4. The number of benzene rings is 1. The van der Waals surface area contributed by atoms with E-state index in [0.717, 1.165) is 19.4 Å². The van der Waals surface area contributed by atoms with E-state index >= 15 is 0 Å². The number of fused-ring (bicyclic) bond motifs is 3. The van der Waals surface area contributed by atoms with Gasteiger partial charge in [-0.05, 0) is 31.5 Å². The van der Waals surface area contributed by atoms with Crippen LogP contribution in [0.15, 0.2) is 30.3 Å². The SMILES string of the molecule is O=C(OC[C@@H]1C[C@H]2CCN1CC2=O)c1ccccc1. The summed E-state index contributed by atoms with van der Waals surface area (Å²) in [5.74, 6) is 0.247. The molecule has 1 aromatic carbocycles. The van der Waals surface area contributed by atoms with Gasteiger partial charge < -0.3 is 4.74 Å². The van der Waals surface area contributed by atoms with Crippen LogP contribution in [0, 0.1) is 5.92 Å². The first-order valence-electron chi connectivity index (χ1n) is 6.73. The molecule has 100 valence electrons. The Kier molecular flexibility index (Phi) is 3.34. The topological polar surface area (TPSA) is 46.6 Å². The number of ether oxygens (including phenoxy) is 1. The molecule has 3 heterocycles. The molecule has 3 aliphatic rings. The monoisotopic (exact) mass is 259 g/mol. The molecule has 1 aromatic rings. The molecule has 3 aliphatic heterocycles. The summed E-state index contributed by atoms with van der Waals surface area (Å²) in [6.45, 7) is 1.86. The Morgan fingerprint density at radius 2 is 2.11 bits per heavy atom. The van der Waals surface area contributed by atoms with Gasteiger partial charge in [0.2, 0.25) is 0 Å². The Morgan fingerprint density at radius 3 is 2.74 bits per heavy atom. The molecule has 0 aliphatic carbocycles. The van der Waals surface area contributed by atoms with Crippen LogP contribution in [-0.2, 0) is 9.53 Å². The lowest BCUT2D eigenvalue weighted by Gasteiger charge is -2.43. The van der Waals surface area contributed by atoms with Gasteiger partial charge in [-0.3, -0.25) is 9.69 Å². The number of nitrogens with zero attached hydrogens (tertiary/aromatic N) is 1. The lowest BCUT2D eigenvalue weighted by atomic mass is 9.82. The number of ketones is 1. The van der Waals surface area contributed by atoms with Crippen molar-refractivity contribution in [2.75, 3.05) is 19.7 Å². The minimum absolute atomic E-state index is 0.186. The molecule has 4 heteroatoms. The van der Waals surface area contributed by atoms with Crippen LogP contribution < -0.4 is 0 Å². The van der Waals surface area contributed by atoms with Gasteiger partial charge in [-0.1, -0.05) is 18.2 Å². The van der Waals surface area contributed by atoms with Crippen molar-refractivity contribution in [2.24, 2.45) is 5.92 Å². The van der Waals surface area contributed by atoms with Gasteiger partial charge in [0.1, 0.15) is 12.4 Å². The Balaban J connectivity index is 1.56. The molecule has 0 amide bonds. The highest BCUT2D eigenvalue weighted by Crippen LogP contribution is 2.29. The number of carbonyl (C=O) groups excluding carboxylic acids is 2. The second-order valence-electron chi connectivity index (χ2n) is 5.28. The van der Waals surface area contributed by atoms with Gasteiger partial charge in [-0.15, -0.1) is 0 Å². The van der Waals surface area contributed by atoms with E-state index < -0.39 is 0 Å². The minimum atomic E-state index is -0.283. The summed E-state index contributed by atoms with van der Waals surface area (Å²) in [7, 11) is 0. The Bertz CT molecular complexity index is 485. The van der Waals surface area contributed by atoms with Crippen LogP contribution in [0.5, 0.6) is 0 Å². The van der Waals surface area contributed by atoms with Gasteiger partial charge in [0.05, 0.1) is 12.1 Å². The molecule has 3 saturated heterocycles. The molecule has 0 aromatic heterocycles. The van der Waals surface area contributed by atoms with E-state index in [1.54, 1.807) is 12.1 Å². The Morgan fingerprint density at radius 1 is 1.32 bits per heavy atom. The Hall–Kier alpha value is -1.68. The zero-order valence-electron chi connectivity index (χ0n) is 10.7. The third kappa shape index (κ3) is 2.54. The van der Waals surface area contributed by atoms with Crippen LogP contribution in [0.2, 0.25) is 0 Å². The van der Waals surface area contributed by atoms with Gasteiger partial charge in [0, 0.05) is 12.0 Å². The predicted molar refractivity (Wildman–Crippen MR) is 69.8 cm³/mol. The maximum absolute atomic E-state index is 11.9. The third-order valence-electron chi connectivity index (χ3n) is 4.07. The lowest BCUT2D eigenvalue weighted by Crippen LogP contribution is -2.55. The van der Waals surface area contributed by atoms with Gasteiger partial charge in [0.25, 0.3) is 0 Å². The van der Waals surface area contributed by atoms with Crippen LogP contribution in [0.25, 0.3) is 0 Å².